The van der Waals surface area contributed by atoms with E-state index in [1.807, 2.05) is 29.3 Å². The Balaban J connectivity index is 1.48. The molecule has 3 rings (SSSR count). The molecule has 0 unspecified atom stereocenters. The highest BCUT2D eigenvalue weighted by molar-refractivity contribution is 5.91. The van der Waals surface area contributed by atoms with Gasteiger partial charge in [-0.1, -0.05) is 0 Å². The average Bonchev–Trinajstić information content (AvgIpc) is 3.08. The molecule has 1 saturated heterocycles. The van der Waals surface area contributed by atoms with Gasteiger partial charge >= 0.3 is 0 Å². The summed E-state index contributed by atoms with van der Waals surface area (Å²) in [4.78, 5) is 18.1. The minimum atomic E-state index is 0.0382. The number of hydrogen-bond donors (Lipinski definition) is 1. The molecule has 0 radical (unpaired) electrons. The molecule has 0 atom stereocenters. The zero-order valence-electron chi connectivity index (χ0n) is 12.3. The van der Waals surface area contributed by atoms with Gasteiger partial charge in [0.05, 0.1) is 12.0 Å². The number of pyridine rings is 1. The maximum absolute atomic E-state index is 12.1. The highest BCUT2D eigenvalue weighted by atomic mass is 16.3. The molecular weight excluding hydrogens is 278 g/mol. The second-order valence-corrected chi connectivity index (χ2v) is 5.33. The van der Waals surface area contributed by atoms with Gasteiger partial charge in [0.15, 0.2) is 0 Å². The standard InChI is InChI=1S/C17H19N3O2/c21-17(6-5-16-4-2-12-22-16)20-10-7-14(8-11-20)19-15-3-1-9-18-13-15/h1-6,9,12-14,19H,7-8,10-11H2. The normalized spacial score (nSPS) is 16.1. The fourth-order valence-electron chi connectivity index (χ4n) is 2.57. The maximum atomic E-state index is 12.1. The van der Waals surface area contributed by atoms with E-state index in [2.05, 4.69) is 10.3 Å². The van der Waals surface area contributed by atoms with Gasteiger partial charge in [-0.25, -0.2) is 0 Å². The van der Waals surface area contributed by atoms with Crippen molar-refractivity contribution in [3.05, 3.63) is 54.8 Å². The van der Waals surface area contributed by atoms with Crippen molar-refractivity contribution < 1.29 is 9.21 Å². The monoisotopic (exact) mass is 297 g/mol. The predicted octanol–water partition coefficient (Wildman–Crippen LogP) is 2.79. The fraction of sp³-hybridized carbons (Fsp3) is 0.294. The lowest BCUT2D eigenvalue weighted by Gasteiger charge is -2.32. The Hall–Kier alpha value is -2.56. The number of aromatic nitrogens is 1. The molecule has 2 aromatic heterocycles. The highest BCUT2D eigenvalue weighted by Crippen LogP contribution is 2.16. The van der Waals surface area contributed by atoms with E-state index in [-0.39, 0.29) is 5.91 Å². The first-order valence-electron chi connectivity index (χ1n) is 7.48. The van der Waals surface area contributed by atoms with Gasteiger partial charge < -0.3 is 14.6 Å². The number of amides is 1. The van der Waals surface area contributed by atoms with Crippen molar-refractivity contribution >= 4 is 17.7 Å². The van der Waals surface area contributed by atoms with Crippen LogP contribution >= 0.6 is 0 Å². The average molecular weight is 297 g/mol. The van der Waals surface area contributed by atoms with Gasteiger partial charge in [0, 0.05) is 37.6 Å². The number of anilines is 1. The summed E-state index contributed by atoms with van der Waals surface area (Å²) in [5, 5.41) is 3.46. The van der Waals surface area contributed by atoms with E-state index in [0.29, 0.717) is 11.8 Å². The van der Waals surface area contributed by atoms with Crippen molar-refractivity contribution in [3.63, 3.8) is 0 Å². The van der Waals surface area contributed by atoms with Crippen LogP contribution in [-0.2, 0) is 4.79 Å². The SMILES string of the molecule is O=C(C=Cc1ccco1)N1CCC(Nc2cccnc2)CC1. The molecule has 0 spiro atoms. The predicted molar refractivity (Wildman–Crippen MR) is 85.2 cm³/mol. The van der Waals surface area contributed by atoms with Crippen LogP contribution in [0.2, 0.25) is 0 Å². The molecule has 114 valence electrons. The number of hydrogen-bond acceptors (Lipinski definition) is 4. The summed E-state index contributed by atoms with van der Waals surface area (Å²) in [6.45, 7) is 1.53. The zero-order chi connectivity index (χ0) is 15.2. The van der Waals surface area contributed by atoms with Crippen LogP contribution in [0.3, 0.4) is 0 Å². The molecule has 1 N–H and O–H groups in total. The molecule has 1 fully saturated rings. The third-order valence-corrected chi connectivity index (χ3v) is 3.77. The second kappa shape index (κ2) is 6.93. The number of likely N-dealkylation sites (tertiary alicyclic amines) is 1. The van der Waals surface area contributed by atoms with Crippen molar-refractivity contribution in [1.29, 1.82) is 0 Å². The fourth-order valence-corrected chi connectivity index (χ4v) is 2.57. The number of rotatable bonds is 4. The largest absolute Gasteiger partial charge is 0.465 e. The van der Waals surface area contributed by atoms with E-state index in [4.69, 9.17) is 4.42 Å². The van der Waals surface area contributed by atoms with E-state index >= 15 is 0 Å². The van der Waals surface area contributed by atoms with Crippen LogP contribution in [0.15, 0.2) is 53.4 Å². The van der Waals surface area contributed by atoms with E-state index in [1.54, 1.807) is 30.7 Å². The van der Waals surface area contributed by atoms with Crippen LogP contribution in [-0.4, -0.2) is 34.9 Å². The van der Waals surface area contributed by atoms with Crippen molar-refractivity contribution in [2.75, 3.05) is 18.4 Å². The van der Waals surface area contributed by atoms with Gasteiger partial charge in [-0.05, 0) is 43.2 Å². The Morgan fingerprint density at radius 3 is 2.86 bits per heavy atom. The summed E-state index contributed by atoms with van der Waals surface area (Å²) in [5.41, 5.74) is 1.03. The minimum absolute atomic E-state index is 0.0382. The molecule has 0 saturated carbocycles. The lowest BCUT2D eigenvalue weighted by atomic mass is 10.0. The first kappa shape index (κ1) is 14.4. The molecule has 5 nitrogen and oxygen atoms in total. The van der Waals surface area contributed by atoms with Crippen LogP contribution in [0.25, 0.3) is 6.08 Å². The van der Waals surface area contributed by atoms with E-state index in [0.717, 1.165) is 31.6 Å². The minimum Gasteiger partial charge on any atom is -0.465 e. The van der Waals surface area contributed by atoms with Crippen molar-refractivity contribution in [3.8, 4) is 0 Å². The van der Waals surface area contributed by atoms with E-state index in [1.165, 1.54) is 0 Å². The molecule has 1 amide bonds. The second-order valence-electron chi connectivity index (χ2n) is 5.33. The lowest BCUT2D eigenvalue weighted by Crippen LogP contribution is -2.41. The number of nitrogens with zero attached hydrogens (tertiary/aromatic N) is 2. The first-order chi connectivity index (χ1) is 10.8. The molecule has 1 aliphatic heterocycles. The number of furan rings is 1. The Morgan fingerprint density at radius 1 is 1.32 bits per heavy atom. The molecule has 5 heteroatoms. The van der Waals surface area contributed by atoms with E-state index < -0.39 is 0 Å². The highest BCUT2D eigenvalue weighted by Gasteiger charge is 2.21. The van der Waals surface area contributed by atoms with Crippen molar-refractivity contribution in [2.24, 2.45) is 0 Å². The number of carbonyl (C=O) groups is 1. The summed E-state index contributed by atoms with van der Waals surface area (Å²) in [6.07, 6.45) is 10.3. The molecule has 3 heterocycles. The Morgan fingerprint density at radius 2 is 2.18 bits per heavy atom. The van der Waals surface area contributed by atoms with Crippen molar-refractivity contribution in [1.82, 2.24) is 9.88 Å². The van der Waals surface area contributed by atoms with Crippen LogP contribution in [0.1, 0.15) is 18.6 Å². The third kappa shape index (κ3) is 3.75. The maximum Gasteiger partial charge on any atom is 0.246 e. The first-order valence-corrected chi connectivity index (χ1v) is 7.48. The van der Waals surface area contributed by atoms with Gasteiger partial charge in [0.25, 0.3) is 0 Å². The number of nitrogens with one attached hydrogen (secondary N) is 1. The van der Waals surface area contributed by atoms with Crippen LogP contribution in [0.5, 0.6) is 0 Å². The smallest absolute Gasteiger partial charge is 0.246 e. The van der Waals surface area contributed by atoms with Gasteiger partial charge in [-0.2, -0.15) is 0 Å². The van der Waals surface area contributed by atoms with Crippen molar-refractivity contribution in [2.45, 2.75) is 18.9 Å². The molecule has 0 aromatic carbocycles. The van der Waals surface area contributed by atoms with Gasteiger partial charge in [-0.3, -0.25) is 9.78 Å². The van der Waals surface area contributed by atoms with Gasteiger partial charge in [-0.15, -0.1) is 0 Å². The summed E-state index contributed by atoms with van der Waals surface area (Å²) in [7, 11) is 0. The van der Waals surface area contributed by atoms with E-state index in [9.17, 15) is 4.79 Å². The molecule has 0 bridgehead atoms. The molecule has 2 aromatic rings. The third-order valence-electron chi connectivity index (χ3n) is 3.77. The Bertz CT molecular complexity index is 615. The van der Waals surface area contributed by atoms with Crippen LogP contribution in [0, 0.1) is 0 Å². The summed E-state index contributed by atoms with van der Waals surface area (Å²) in [5.74, 6) is 0.734. The topological polar surface area (TPSA) is 58.4 Å². The molecule has 22 heavy (non-hydrogen) atoms. The number of piperidine rings is 1. The molecule has 1 aliphatic rings. The Kier molecular flexibility index (Phi) is 4.53. The molecule has 0 aliphatic carbocycles. The van der Waals surface area contributed by atoms with Crippen LogP contribution in [0.4, 0.5) is 5.69 Å². The zero-order valence-corrected chi connectivity index (χ0v) is 12.3. The summed E-state index contributed by atoms with van der Waals surface area (Å²) in [6, 6.07) is 7.95. The van der Waals surface area contributed by atoms with Crippen LogP contribution < -0.4 is 5.32 Å². The Labute approximate surface area is 129 Å². The molecular formula is C17H19N3O2. The van der Waals surface area contributed by atoms with Gasteiger partial charge in [0.1, 0.15) is 5.76 Å². The quantitative estimate of drug-likeness (QED) is 0.882. The lowest BCUT2D eigenvalue weighted by molar-refractivity contribution is -0.126. The summed E-state index contributed by atoms with van der Waals surface area (Å²) >= 11 is 0. The van der Waals surface area contributed by atoms with Gasteiger partial charge in [0.2, 0.25) is 5.91 Å². The number of carbonyl (C=O) groups excluding carboxylic acids is 1. The summed E-state index contributed by atoms with van der Waals surface area (Å²) < 4.78 is 5.18.